The number of terminal acetylenes is 1. The largest absolute Gasteiger partial charge is 0.411 e. The summed E-state index contributed by atoms with van der Waals surface area (Å²) in [5.74, 6) is 2.34. The van der Waals surface area contributed by atoms with E-state index in [1.54, 1.807) is 7.05 Å². The fourth-order valence-electron chi connectivity index (χ4n) is 0.703. The molecule has 0 bridgehead atoms. The molecule has 0 aliphatic rings. The van der Waals surface area contributed by atoms with Crippen LogP contribution in [0.15, 0.2) is 0 Å². The highest BCUT2D eigenvalue weighted by Gasteiger charge is 2.27. The molecule has 0 aliphatic carbocycles. The first-order chi connectivity index (χ1) is 5.99. The molecule has 76 valence electrons. The molecule has 0 aliphatic heterocycles. The lowest BCUT2D eigenvalue weighted by atomic mass is 10.2. The van der Waals surface area contributed by atoms with Crippen LogP contribution in [0, 0.1) is 12.3 Å². The number of nitrogens with one attached hydrogen (secondary N) is 1. The van der Waals surface area contributed by atoms with E-state index in [0.717, 1.165) is 0 Å². The molecular weight excluding hydrogens is 183 g/mol. The van der Waals surface area contributed by atoms with Gasteiger partial charge in [0.05, 0.1) is 6.61 Å². The Morgan fingerprint density at radius 2 is 2.15 bits per heavy atom. The molecule has 0 aromatic carbocycles. The van der Waals surface area contributed by atoms with Crippen LogP contribution < -0.4 is 5.32 Å². The molecule has 1 N–H and O–H groups in total. The molecule has 0 radical (unpaired) electrons. The third kappa shape index (κ3) is 7.62. The van der Waals surface area contributed by atoms with Gasteiger partial charge in [0.15, 0.2) is 0 Å². The Bertz CT molecular complexity index is 173. The average Bonchev–Trinajstić information content (AvgIpc) is 2.01. The monoisotopic (exact) mass is 195 g/mol. The molecule has 0 saturated heterocycles. The fraction of sp³-hybridized carbons (Fsp3) is 0.750. The number of likely N-dealkylation sites (N-methyl/N-ethyl adjacent to an activating group) is 1. The average molecular weight is 195 g/mol. The predicted octanol–water partition coefficient (Wildman–Crippen LogP) is 1.18. The first-order valence-corrected chi connectivity index (χ1v) is 3.75. The van der Waals surface area contributed by atoms with Crippen LogP contribution in [-0.4, -0.2) is 32.5 Å². The summed E-state index contributed by atoms with van der Waals surface area (Å²) in [6, 6.07) is -0.215. The van der Waals surface area contributed by atoms with E-state index in [2.05, 4.69) is 16.0 Å². The quantitative estimate of drug-likeness (QED) is 0.665. The summed E-state index contributed by atoms with van der Waals surface area (Å²) < 4.78 is 39.3. The Morgan fingerprint density at radius 1 is 1.54 bits per heavy atom. The SMILES string of the molecule is C#CCC(COCC(F)(F)F)NC. The summed E-state index contributed by atoms with van der Waals surface area (Å²) in [5, 5.41) is 2.75. The molecule has 0 amide bonds. The maximum Gasteiger partial charge on any atom is 0.411 e. The zero-order valence-electron chi connectivity index (χ0n) is 7.32. The summed E-state index contributed by atoms with van der Waals surface area (Å²) in [5.41, 5.74) is 0. The van der Waals surface area contributed by atoms with Crippen LogP contribution in [-0.2, 0) is 4.74 Å². The Hall–Kier alpha value is -0.730. The zero-order chi connectivity index (χ0) is 10.3. The molecule has 1 atom stereocenters. The van der Waals surface area contributed by atoms with Crippen LogP contribution in [0.5, 0.6) is 0 Å². The summed E-state index contributed by atoms with van der Waals surface area (Å²) in [4.78, 5) is 0. The second kappa shape index (κ2) is 5.84. The molecule has 0 aromatic rings. The lowest BCUT2D eigenvalue weighted by Gasteiger charge is -2.14. The number of halogens is 3. The predicted molar refractivity (Wildman–Crippen MR) is 43.2 cm³/mol. The van der Waals surface area contributed by atoms with E-state index < -0.39 is 12.8 Å². The van der Waals surface area contributed by atoms with Crippen LogP contribution in [0.3, 0.4) is 0 Å². The summed E-state index contributed by atoms with van der Waals surface area (Å²) in [6.07, 6.45) is 1.08. The van der Waals surface area contributed by atoms with Gasteiger partial charge in [0, 0.05) is 12.5 Å². The topological polar surface area (TPSA) is 21.3 Å². The third-order valence-electron chi connectivity index (χ3n) is 1.36. The van der Waals surface area contributed by atoms with E-state index in [0.29, 0.717) is 6.42 Å². The van der Waals surface area contributed by atoms with Crippen LogP contribution in [0.4, 0.5) is 13.2 Å². The van der Waals surface area contributed by atoms with Crippen molar-refractivity contribution in [3.8, 4) is 12.3 Å². The van der Waals surface area contributed by atoms with E-state index in [-0.39, 0.29) is 12.6 Å². The van der Waals surface area contributed by atoms with E-state index in [9.17, 15) is 13.2 Å². The minimum Gasteiger partial charge on any atom is -0.370 e. The lowest BCUT2D eigenvalue weighted by molar-refractivity contribution is -0.175. The Labute approximate surface area is 75.5 Å². The minimum atomic E-state index is -4.27. The normalized spacial score (nSPS) is 13.8. The van der Waals surface area contributed by atoms with Crippen LogP contribution >= 0.6 is 0 Å². The molecule has 0 heterocycles. The highest BCUT2D eigenvalue weighted by Crippen LogP contribution is 2.14. The molecule has 1 unspecified atom stereocenters. The second-order valence-corrected chi connectivity index (χ2v) is 2.52. The van der Waals surface area contributed by atoms with Gasteiger partial charge in [-0.15, -0.1) is 12.3 Å². The standard InChI is InChI=1S/C8H12F3NO/c1-3-4-7(12-2)5-13-6-8(9,10)11/h1,7,12H,4-6H2,2H3. The van der Waals surface area contributed by atoms with E-state index >= 15 is 0 Å². The zero-order valence-corrected chi connectivity index (χ0v) is 7.32. The van der Waals surface area contributed by atoms with Gasteiger partial charge >= 0.3 is 6.18 Å². The van der Waals surface area contributed by atoms with Crippen molar-refractivity contribution in [2.75, 3.05) is 20.3 Å². The summed E-state index contributed by atoms with van der Waals surface area (Å²) in [7, 11) is 1.62. The van der Waals surface area contributed by atoms with Gasteiger partial charge in [-0.25, -0.2) is 0 Å². The first-order valence-electron chi connectivity index (χ1n) is 3.75. The second-order valence-electron chi connectivity index (χ2n) is 2.52. The molecule has 0 aromatic heterocycles. The molecule has 5 heteroatoms. The third-order valence-corrected chi connectivity index (χ3v) is 1.36. The van der Waals surface area contributed by atoms with Crippen molar-refractivity contribution in [3.05, 3.63) is 0 Å². The molecule has 0 saturated carbocycles. The molecular formula is C8H12F3NO. The van der Waals surface area contributed by atoms with Gasteiger partial charge in [-0.3, -0.25) is 0 Å². The molecule has 0 spiro atoms. The highest BCUT2D eigenvalue weighted by molar-refractivity contribution is 4.89. The van der Waals surface area contributed by atoms with Crippen molar-refractivity contribution in [3.63, 3.8) is 0 Å². The van der Waals surface area contributed by atoms with Gasteiger partial charge in [0.25, 0.3) is 0 Å². The van der Waals surface area contributed by atoms with Crippen LogP contribution in [0.2, 0.25) is 0 Å². The highest BCUT2D eigenvalue weighted by atomic mass is 19.4. The summed E-state index contributed by atoms with van der Waals surface area (Å²) >= 11 is 0. The number of rotatable bonds is 5. The molecule has 0 rings (SSSR count). The van der Waals surface area contributed by atoms with Gasteiger partial charge in [0.1, 0.15) is 6.61 Å². The summed E-state index contributed by atoms with van der Waals surface area (Å²) in [6.45, 7) is -1.25. The molecule has 2 nitrogen and oxygen atoms in total. The van der Waals surface area contributed by atoms with Gasteiger partial charge in [-0.05, 0) is 7.05 Å². The van der Waals surface area contributed by atoms with E-state index in [1.165, 1.54) is 0 Å². The van der Waals surface area contributed by atoms with Crippen molar-refractivity contribution >= 4 is 0 Å². The van der Waals surface area contributed by atoms with Crippen molar-refractivity contribution < 1.29 is 17.9 Å². The van der Waals surface area contributed by atoms with Crippen LogP contribution in [0.25, 0.3) is 0 Å². The smallest absolute Gasteiger partial charge is 0.370 e. The van der Waals surface area contributed by atoms with Crippen molar-refractivity contribution in [2.45, 2.75) is 18.6 Å². The van der Waals surface area contributed by atoms with Gasteiger partial charge < -0.3 is 10.1 Å². The first kappa shape index (κ1) is 12.3. The number of ether oxygens (including phenoxy) is 1. The van der Waals surface area contributed by atoms with Gasteiger partial charge in [0.2, 0.25) is 0 Å². The maximum atomic E-state index is 11.6. The van der Waals surface area contributed by atoms with Gasteiger partial charge in [-0.1, -0.05) is 0 Å². The number of hydrogen-bond donors (Lipinski definition) is 1. The fourth-order valence-corrected chi connectivity index (χ4v) is 0.703. The van der Waals surface area contributed by atoms with E-state index in [1.807, 2.05) is 0 Å². The van der Waals surface area contributed by atoms with Crippen molar-refractivity contribution in [2.24, 2.45) is 0 Å². The number of hydrogen-bond acceptors (Lipinski definition) is 2. The van der Waals surface area contributed by atoms with E-state index in [4.69, 9.17) is 6.42 Å². The minimum absolute atomic E-state index is 0.0276. The number of alkyl halides is 3. The van der Waals surface area contributed by atoms with Crippen LogP contribution in [0.1, 0.15) is 6.42 Å². The van der Waals surface area contributed by atoms with Gasteiger partial charge in [-0.2, -0.15) is 13.2 Å². The van der Waals surface area contributed by atoms with Crippen molar-refractivity contribution in [1.29, 1.82) is 0 Å². The lowest BCUT2D eigenvalue weighted by Crippen LogP contribution is -2.31. The van der Waals surface area contributed by atoms with Crippen molar-refractivity contribution in [1.82, 2.24) is 5.32 Å². The molecule has 0 fully saturated rings. The maximum absolute atomic E-state index is 11.6. The Kier molecular flexibility index (Phi) is 5.51. The Morgan fingerprint density at radius 3 is 2.54 bits per heavy atom. The molecule has 13 heavy (non-hydrogen) atoms. The Balaban J connectivity index is 3.56.